The summed E-state index contributed by atoms with van der Waals surface area (Å²) in [4.78, 5) is 0. The summed E-state index contributed by atoms with van der Waals surface area (Å²) in [7, 11) is -4.45. The molecule has 0 aromatic rings. The predicted octanol–water partition coefficient (Wildman–Crippen LogP) is 0.223. The number of alkyl halides is 2. The second-order valence-corrected chi connectivity index (χ2v) is 5.69. The highest BCUT2D eigenvalue weighted by atomic mass is 32.2. The lowest BCUT2D eigenvalue weighted by atomic mass is 10.0. The third-order valence-electron chi connectivity index (χ3n) is 2.26. The Bertz CT molecular complexity index is 303. The molecule has 1 aliphatic heterocycles. The van der Waals surface area contributed by atoms with Crippen molar-refractivity contribution < 1.29 is 17.2 Å². The second kappa shape index (κ2) is 3.71. The Hall–Kier alpha value is -0.270. The van der Waals surface area contributed by atoms with Gasteiger partial charge in [0, 0.05) is 25.2 Å². The Balaban J connectivity index is 2.96. The number of halogens is 2. The van der Waals surface area contributed by atoms with Gasteiger partial charge in [0.25, 0.3) is 10.0 Å². The fraction of sp³-hybridized carbons (Fsp3) is 1.00. The maximum absolute atomic E-state index is 12.3. The molecule has 0 aromatic heterocycles. The monoisotopic (exact) mass is 228 g/mol. The summed E-state index contributed by atoms with van der Waals surface area (Å²) in [5.41, 5.74) is -0.784. The van der Waals surface area contributed by atoms with E-state index in [0.29, 0.717) is 13.1 Å². The molecule has 0 spiro atoms. The molecule has 0 atom stereocenters. The van der Waals surface area contributed by atoms with Crippen LogP contribution in [0.4, 0.5) is 8.78 Å². The topological polar surface area (TPSA) is 49.4 Å². The van der Waals surface area contributed by atoms with Crippen molar-refractivity contribution >= 4 is 10.0 Å². The van der Waals surface area contributed by atoms with E-state index in [1.165, 1.54) is 0 Å². The molecule has 0 aliphatic carbocycles. The first-order chi connectivity index (χ1) is 6.28. The average Bonchev–Trinajstić information content (AvgIpc) is 2.02. The minimum absolute atomic E-state index is 0.0969. The van der Waals surface area contributed by atoms with E-state index in [1.807, 2.05) is 0 Å². The van der Waals surface area contributed by atoms with Crippen molar-refractivity contribution in [1.29, 1.82) is 0 Å². The van der Waals surface area contributed by atoms with Crippen LogP contribution in [0.5, 0.6) is 0 Å². The fourth-order valence-corrected chi connectivity index (χ4v) is 2.83. The summed E-state index contributed by atoms with van der Waals surface area (Å²) in [5, 5.41) is 2.97. The number of sulfonamides is 1. The van der Waals surface area contributed by atoms with Crippen molar-refractivity contribution in [3.05, 3.63) is 0 Å². The van der Waals surface area contributed by atoms with E-state index >= 15 is 0 Å². The first-order valence-corrected chi connectivity index (χ1v) is 5.79. The van der Waals surface area contributed by atoms with Crippen LogP contribution in [0.25, 0.3) is 0 Å². The number of hydrogen-bond acceptors (Lipinski definition) is 3. The Morgan fingerprint density at radius 2 is 2.00 bits per heavy atom. The molecule has 0 saturated carbocycles. The molecule has 1 N–H and O–H groups in total. The highest BCUT2D eigenvalue weighted by Crippen LogP contribution is 2.24. The summed E-state index contributed by atoms with van der Waals surface area (Å²) in [6, 6.07) is 0. The molecule has 0 bridgehead atoms. The molecule has 1 rings (SSSR count). The van der Waals surface area contributed by atoms with Gasteiger partial charge < -0.3 is 5.32 Å². The zero-order chi connectivity index (χ0) is 11.0. The minimum Gasteiger partial charge on any atom is -0.314 e. The van der Waals surface area contributed by atoms with Crippen molar-refractivity contribution in [3.8, 4) is 0 Å². The van der Waals surface area contributed by atoms with Gasteiger partial charge >= 0.3 is 5.76 Å². The van der Waals surface area contributed by atoms with Crippen LogP contribution in [0.3, 0.4) is 0 Å². The molecule has 0 unspecified atom stereocenters. The van der Waals surface area contributed by atoms with Crippen molar-refractivity contribution in [3.63, 3.8) is 0 Å². The quantitative estimate of drug-likeness (QED) is 0.735. The van der Waals surface area contributed by atoms with Gasteiger partial charge in [-0.25, -0.2) is 8.42 Å². The molecule has 0 amide bonds. The molecule has 4 nitrogen and oxygen atoms in total. The van der Waals surface area contributed by atoms with Crippen LogP contribution in [0.15, 0.2) is 0 Å². The lowest BCUT2D eigenvalue weighted by molar-refractivity contribution is 0.156. The van der Waals surface area contributed by atoms with Crippen LogP contribution in [-0.2, 0) is 10.0 Å². The molecule has 84 valence electrons. The third-order valence-corrected chi connectivity index (χ3v) is 4.00. The summed E-state index contributed by atoms with van der Waals surface area (Å²) in [6.07, 6.45) is 0. The second-order valence-electron chi connectivity index (χ2n) is 3.87. The smallest absolute Gasteiger partial charge is 0.314 e. The van der Waals surface area contributed by atoms with E-state index < -0.39 is 21.3 Å². The molecule has 14 heavy (non-hydrogen) atoms. The number of hydrogen-bond donors (Lipinski definition) is 1. The molecule has 0 radical (unpaired) electrons. The van der Waals surface area contributed by atoms with Crippen molar-refractivity contribution in [2.45, 2.75) is 25.1 Å². The SMILES string of the molecule is CC1(C)CNCCN1S(=O)(=O)C(F)F. The molecule has 1 saturated heterocycles. The van der Waals surface area contributed by atoms with Gasteiger partial charge in [0.15, 0.2) is 0 Å². The van der Waals surface area contributed by atoms with Gasteiger partial charge in [0.1, 0.15) is 0 Å². The van der Waals surface area contributed by atoms with E-state index in [2.05, 4.69) is 5.32 Å². The van der Waals surface area contributed by atoms with Crippen LogP contribution in [0.2, 0.25) is 0 Å². The Morgan fingerprint density at radius 3 is 2.43 bits per heavy atom. The lowest BCUT2D eigenvalue weighted by Gasteiger charge is -2.41. The largest absolute Gasteiger partial charge is 0.350 e. The molecule has 1 heterocycles. The van der Waals surface area contributed by atoms with Crippen molar-refractivity contribution in [2.75, 3.05) is 19.6 Å². The normalized spacial score (nSPS) is 24.1. The summed E-state index contributed by atoms with van der Waals surface area (Å²) in [5.74, 6) is -3.33. The standard InChI is InChI=1S/C7H14F2N2O2S/c1-7(2)5-10-3-4-11(7)14(12,13)6(8)9/h6,10H,3-5H2,1-2H3. The fourth-order valence-electron chi connectivity index (χ4n) is 1.53. The number of rotatable bonds is 2. The maximum atomic E-state index is 12.3. The number of nitrogens with one attached hydrogen (secondary N) is 1. The molecular weight excluding hydrogens is 214 g/mol. The molecule has 1 fully saturated rings. The van der Waals surface area contributed by atoms with Crippen molar-refractivity contribution in [1.82, 2.24) is 9.62 Å². The number of nitrogens with zero attached hydrogens (tertiary/aromatic N) is 1. The Kier molecular flexibility index (Phi) is 3.13. The summed E-state index contributed by atoms with van der Waals surface area (Å²) >= 11 is 0. The van der Waals surface area contributed by atoms with Gasteiger partial charge in [0.2, 0.25) is 0 Å². The average molecular weight is 228 g/mol. The zero-order valence-corrected chi connectivity index (χ0v) is 8.94. The van der Waals surface area contributed by atoms with Crippen LogP contribution >= 0.6 is 0 Å². The number of piperazine rings is 1. The van der Waals surface area contributed by atoms with Crippen LogP contribution < -0.4 is 5.32 Å². The Labute approximate surface area is 82.3 Å². The summed E-state index contributed by atoms with van der Waals surface area (Å²) < 4.78 is 48.0. The minimum atomic E-state index is -4.45. The van der Waals surface area contributed by atoms with Crippen LogP contribution in [0.1, 0.15) is 13.8 Å². The van der Waals surface area contributed by atoms with Gasteiger partial charge in [-0.3, -0.25) is 0 Å². The summed E-state index contributed by atoms with van der Waals surface area (Å²) in [6.45, 7) is 4.15. The van der Waals surface area contributed by atoms with E-state index in [1.54, 1.807) is 13.8 Å². The molecular formula is C7H14F2N2O2S. The van der Waals surface area contributed by atoms with Gasteiger partial charge in [-0.05, 0) is 13.8 Å². The van der Waals surface area contributed by atoms with E-state index in [-0.39, 0.29) is 6.54 Å². The van der Waals surface area contributed by atoms with Gasteiger partial charge in [-0.2, -0.15) is 13.1 Å². The third kappa shape index (κ3) is 2.04. The Morgan fingerprint density at radius 1 is 1.43 bits per heavy atom. The van der Waals surface area contributed by atoms with Gasteiger partial charge in [-0.1, -0.05) is 0 Å². The van der Waals surface area contributed by atoms with E-state index in [4.69, 9.17) is 0 Å². The van der Waals surface area contributed by atoms with Gasteiger partial charge in [0.05, 0.1) is 0 Å². The first-order valence-electron chi connectivity index (χ1n) is 4.29. The van der Waals surface area contributed by atoms with Crippen LogP contribution in [-0.4, -0.2) is 43.7 Å². The maximum Gasteiger partial charge on any atom is 0.350 e. The molecule has 7 heteroatoms. The van der Waals surface area contributed by atoms with Crippen LogP contribution in [0, 0.1) is 0 Å². The van der Waals surface area contributed by atoms with E-state index in [0.717, 1.165) is 4.31 Å². The highest BCUT2D eigenvalue weighted by Gasteiger charge is 2.42. The first kappa shape index (κ1) is 11.8. The zero-order valence-electron chi connectivity index (χ0n) is 8.13. The highest BCUT2D eigenvalue weighted by molar-refractivity contribution is 7.89. The molecule has 1 aliphatic rings. The van der Waals surface area contributed by atoms with Gasteiger partial charge in [-0.15, -0.1) is 0 Å². The van der Waals surface area contributed by atoms with E-state index in [9.17, 15) is 17.2 Å². The van der Waals surface area contributed by atoms with Crippen molar-refractivity contribution in [2.24, 2.45) is 0 Å². The lowest BCUT2D eigenvalue weighted by Crippen LogP contribution is -2.60. The molecule has 0 aromatic carbocycles. The predicted molar refractivity (Wildman–Crippen MR) is 48.6 cm³/mol.